The maximum absolute atomic E-state index is 13.2. The molecule has 0 atom stereocenters. The fraction of sp³-hybridized carbons (Fsp3) is 0.312. The van der Waals surface area contributed by atoms with Gasteiger partial charge >= 0.3 is 0 Å². The molecule has 1 N–H and O–H groups in total. The van der Waals surface area contributed by atoms with Gasteiger partial charge in [0.25, 0.3) is 0 Å². The summed E-state index contributed by atoms with van der Waals surface area (Å²) in [6.07, 6.45) is 1.48. The highest BCUT2D eigenvalue weighted by Gasteiger charge is 2.24. The normalized spacial score (nSPS) is 14.3. The molecule has 1 saturated heterocycles. The van der Waals surface area contributed by atoms with E-state index in [1.807, 2.05) is 0 Å². The van der Waals surface area contributed by atoms with E-state index in [1.165, 1.54) is 23.5 Å². The topological polar surface area (TPSA) is 62.3 Å². The zero-order valence-electron chi connectivity index (χ0n) is 12.6. The number of hydrogen-bond donors (Lipinski definition) is 1. The Kier molecular flexibility index (Phi) is 4.38. The maximum atomic E-state index is 13.2. The first-order valence-corrected chi connectivity index (χ1v) is 8.21. The quantitative estimate of drug-likeness (QED) is 0.936. The summed E-state index contributed by atoms with van der Waals surface area (Å²) in [5, 5.41) is 5.11. The lowest BCUT2D eigenvalue weighted by Gasteiger charge is -2.10. The minimum atomic E-state index is -0.394. The maximum Gasteiger partial charge on any atom is 0.230 e. The molecule has 1 fully saturated rings. The lowest BCUT2D eigenvalue weighted by molar-refractivity contribution is -0.117. The third-order valence-electron chi connectivity index (χ3n) is 3.66. The number of nitrogens with one attached hydrogen (secondary N) is 1. The molecule has 3 rings (SSSR count). The van der Waals surface area contributed by atoms with E-state index in [2.05, 4.69) is 10.3 Å². The molecule has 2 heterocycles. The van der Waals surface area contributed by atoms with Crippen molar-refractivity contribution in [2.24, 2.45) is 0 Å². The predicted octanol–water partition coefficient (Wildman–Crippen LogP) is 2.90. The predicted molar refractivity (Wildman–Crippen MR) is 87.2 cm³/mol. The molecule has 7 heteroatoms. The first kappa shape index (κ1) is 15.6. The van der Waals surface area contributed by atoms with Gasteiger partial charge in [0.2, 0.25) is 11.8 Å². The Morgan fingerprint density at radius 3 is 3.04 bits per heavy atom. The highest BCUT2D eigenvalue weighted by Crippen LogP contribution is 2.25. The first-order chi connectivity index (χ1) is 11.0. The lowest BCUT2D eigenvalue weighted by atomic mass is 10.2. The Hall–Kier alpha value is -2.28. The molecule has 1 aromatic heterocycles. The van der Waals surface area contributed by atoms with Gasteiger partial charge in [-0.15, -0.1) is 11.3 Å². The van der Waals surface area contributed by atoms with Gasteiger partial charge < -0.3 is 5.32 Å². The number of anilines is 2. The van der Waals surface area contributed by atoms with Crippen LogP contribution in [-0.2, 0) is 16.0 Å². The van der Waals surface area contributed by atoms with Crippen LogP contribution in [0.2, 0.25) is 0 Å². The van der Waals surface area contributed by atoms with Crippen LogP contribution in [0.5, 0.6) is 0 Å². The fourth-order valence-electron chi connectivity index (χ4n) is 2.44. The van der Waals surface area contributed by atoms with Crippen molar-refractivity contribution < 1.29 is 14.0 Å². The highest BCUT2D eigenvalue weighted by atomic mass is 32.1. The minimum Gasteiger partial charge on any atom is -0.325 e. The summed E-state index contributed by atoms with van der Waals surface area (Å²) in [6, 6.07) is 4.26. The van der Waals surface area contributed by atoms with Crippen molar-refractivity contribution in [1.82, 2.24) is 4.98 Å². The Morgan fingerprint density at radius 1 is 1.48 bits per heavy atom. The second-order valence-corrected chi connectivity index (χ2v) is 6.29. The third kappa shape index (κ3) is 3.56. The van der Waals surface area contributed by atoms with Crippen LogP contribution in [0.15, 0.2) is 23.6 Å². The van der Waals surface area contributed by atoms with E-state index in [9.17, 15) is 14.0 Å². The second-order valence-electron chi connectivity index (χ2n) is 5.45. The first-order valence-electron chi connectivity index (χ1n) is 7.34. The van der Waals surface area contributed by atoms with Crippen LogP contribution in [0.3, 0.4) is 0 Å². The van der Waals surface area contributed by atoms with Crippen LogP contribution in [-0.4, -0.2) is 23.3 Å². The summed E-state index contributed by atoms with van der Waals surface area (Å²) in [5.74, 6) is -0.580. The van der Waals surface area contributed by atoms with Gasteiger partial charge in [-0.3, -0.25) is 14.5 Å². The molecular weight excluding hydrogens is 317 g/mol. The van der Waals surface area contributed by atoms with Crippen molar-refractivity contribution in [1.29, 1.82) is 0 Å². The molecule has 0 unspecified atom stereocenters. The standard InChI is InChI=1S/C16H16FN3O2S/c1-10-4-5-11(17)7-13(10)19-14(21)8-12-9-23-16(18-12)20-6-2-3-15(20)22/h4-5,7,9H,2-3,6,8H2,1H3,(H,19,21). The van der Waals surface area contributed by atoms with E-state index in [-0.39, 0.29) is 18.2 Å². The average molecular weight is 333 g/mol. The molecule has 1 aliphatic heterocycles. The summed E-state index contributed by atoms with van der Waals surface area (Å²) in [7, 11) is 0. The zero-order chi connectivity index (χ0) is 16.4. The van der Waals surface area contributed by atoms with E-state index in [4.69, 9.17) is 0 Å². The van der Waals surface area contributed by atoms with E-state index in [0.29, 0.717) is 29.5 Å². The molecule has 0 radical (unpaired) electrons. The summed E-state index contributed by atoms with van der Waals surface area (Å²) >= 11 is 1.36. The molecule has 23 heavy (non-hydrogen) atoms. The van der Waals surface area contributed by atoms with Gasteiger partial charge in [0.05, 0.1) is 12.1 Å². The van der Waals surface area contributed by atoms with Gasteiger partial charge in [-0.2, -0.15) is 0 Å². The molecule has 2 amide bonds. The van der Waals surface area contributed by atoms with Crippen molar-refractivity contribution in [3.63, 3.8) is 0 Å². The molecule has 0 saturated carbocycles. The number of benzene rings is 1. The van der Waals surface area contributed by atoms with Crippen molar-refractivity contribution in [2.75, 3.05) is 16.8 Å². The summed E-state index contributed by atoms with van der Waals surface area (Å²) in [4.78, 5) is 29.8. The van der Waals surface area contributed by atoms with Gasteiger partial charge in [0, 0.05) is 24.0 Å². The molecule has 0 spiro atoms. The van der Waals surface area contributed by atoms with Crippen molar-refractivity contribution in [3.8, 4) is 0 Å². The summed E-state index contributed by atoms with van der Waals surface area (Å²) in [5.41, 5.74) is 1.86. The number of amides is 2. The van der Waals surface area contributed by atoms with Crippen molar-refractivity contribution in [3.05, 3.63) is 40.7 Å². The van der Waals surface area contributed by atoms with E-state index in [1.54, 1.807) is 23.3 Å². The molecule has 5 nitrogen and oxygen atoms in total. The largest absolute Gasteiger partial charge is 0.325 e. The number of hydrogen-bond acceptors (Lipinski definition) is 4. The molecule has 0 bridgehead atoms. The molecule has 1 aliphatic rings. The fourth-order valence-corrected chi connectivity index (χ4v) is 3.31. The van der Waals surface area contributed by atoms with Gasteiger partial charge in [-0.05, 0) is 31.0 Å². The SMILES string of the molecule is Cc1ccc(F)cc1NC(=O)Cc1csc(N2CCCC2=O)n1. The number of aryl methyl sites for hydroxylation is 1. The monoisotopic (exact) mass is 333 g/mol. The minimum absolute atomic E-state index is 0.0748. The van der Waals surface area contributed by atoms with Crippen molar-refractivity contribution in [2.45, 2.75) is 26.2 Å². The molecule has 2 aromatic rings. The molecule has 0 aliphatic carbocycles. The van der Waals surface area contributed by atoms with E-state index >= 15 is 0 Å². The smallest absolute Gasteiger partial charge is 0.230 e. The van der Waals surface area contributed by atoms with Gasteiger partial charge in [0.1, 0.15) is 5.82 Å². The highest BCUT2D eigenvalue weighted by molar-refractivity contribution is 7.14. The number of carbonyl (C=O) groups excluding carboxylic acids is 2. The zero-order valence-corrected chi connectivity index (χ0v) is 13.5. The molecule has 1 aromatic carbocycles. The van der Waals surface area contributed by atoms with Gasteiger partial charge in [-0.25, -0.2) is 9.37 Å². The molecular formula is C16H16FN3O2S. The van der Waals surface area contributed by atoms with E-state index < -0.39 is 5.82 Å². The Labute approximate surface area is 137 Å². The third-order valence-corrected chi connectivity index (χ3v) is 4.57. The number of thiazole rings is 1. The number of aromatic nitrogens is 1. The Morgan fingerprint density at radius 2 is 2.30 bits per heavy atom. The van der Waals surface area contributed by atoms with Crippen molar-refractivity contribution >= 4 is 34.0 Å². The summed E-state index contributed by atoms with van der Waals surface area (Å²) < 4.78 is 13.2. The number of carbonyl (C=O) groups is 2. The van der Waals surface area contributed by atoms with Crippen LogP contribution in [0.25, 0.3) is 0 Å². The lowest BCUT2D eigenvalue weighted by Crippen LogP contribution is -2.23. The second kappa shape index (κ2) is 6.45. The Balaban J connectivity index is 1.65. The number of nitrogens with zero attached hydrogens (tertiary/aromatic N) is 2. The number of halogens is 1. The van der Waals surface area contributed by atoms with Crippen LogP contribution in [0, 0.1) is 12.7 Å². The van der Waals surface area contributed by atoms with Gasteiger partial charge in [0.15, 0.2) is 5.13 Å². The Bertz CT molecular complexity index is 760. The average Bonchev–Trinajstić information content (AvgIpc) is 3.11. The van der Waals surface area contributed by atoms with Gasteiger partial charge in [-0.1, -0.05) is 6.07 Å². The van der Waals surface area contributed by atoms with Crippen LogP contribution >= 0.6 is 11.3 Å². The summed E-state index contributed by atoms with van der Waals surface area (Å²) in [6.45, 7) is 2.48. The van der Waals surface area contributed by atoms with E-state index in [0.717, 1.165) is 12.0 Å². The van der Waals surface area contributed by atoms with Crippen LogP contribution in [0.1, 0.15) is 24.1 Å². The molecule has 120 valence electrons. The van der Waals surface area contributed by atoms with Crippen LogP contribution in [0.4, 0.5) is 15.2 Å². The van der Waals surface area contributed by atoms with Crippen LogP contribution < -0.4 is 10.2 Å². The number of rotatable bonds is 4.